The second kappa shape index (κ2) is 9.72. The number of carbonyl (C=O) groups is 2. The number of pyridine rings is 1. The maximum Gasteiger partial charge on any atom is 0.295 e. The molecule has 162 valence electrons. The van der Waals surface area contributed by atoms with E-state index in [-0.39, 0.29) is 11.3 Å². The van der Waals surface area contributed by atoms with E-state index in [0.717, 1.165) is 49.3 Å². The third kappa shape index (κ3) is 4.71. The molecule has 3 heterocycles. The third-order valence-corrected chi connectivity index (χ3v) is 6.19. The Morgan fingerprint density at radius 3 is 2.42 bits per heavy atom. The Labute approximate surface area is 189 Å². The third-order valence-electron chi connectivity index (χ3n) is 5.66. The molecule has 0 aliphatic carbocycles. The standard InChI is InChI=1S/C23H24BrN3O4/c24-18-4-2-16(3-5-18)20-19(21(28)17-6-8-25-9-7-17)22(29)23(30)27(20)11-1-10-26-12-14-31-15-13-26/h2-9,20,28H,1,10-15H2/t20-/m1/s1. The minimum atomic E-state index is -0.659. The smallest absolute Gasteiger partial charge is 0.295 e. The van der Waals surface area contributed by atoms with Crippen molar-refractivity contribution in [2.45, 2.75) is 12.5 Å². The summed E-state index contributed by atoms with van der Waals surface area (Å²) >= 11 is 3.43. The summed E-state index contributed by atoms with van der Waals surface area (Å²) in [6.07, 6.45) is 3.82. The monoisotopic (exact) mass is 485 g/mol. The minimum absolute atomic E-state index is 0.116. The van der Waals surface area contributed by atoms with Gasteiger partial charge in [-0.25, -0.2) is 0 Å². The van der Waals surface area contributed by atoms with E-state index < -0.39 is 17.7 Å². The Bertz CT molecular complexity index is 972. The Kier molecular flexibility index (Phi) is 6.80. The summed E-state index contributed by atoms with van der Waals surface area (Å²) in [7, 11) is 0. The summed E-state index contributed by atoms with van der Waals surface area (Å²) in [5.41, 5.74) is 1.36. The largest absolute Gasteiger partial charge is 0.507 e. The number of benzene rings is 1. The first-order valence-electron chi connectivity index (χ1n) is 10.3. The number of Topliss-reactive ketones (excluding diaryl/α,β-unsaturated/α-hetero) is 1. The SMILES string of the molecule is O=C1C(=O)N(CCCN2CCOCC2)[C@H](c2ccc(Br)cc2)C1=C(O)c1ccncc1. The van der Waals surface area contributed by atoms with Gasteiger partial charge >= 0.3 is 0 Å². The highest BCUT2D eigenvalue weighted by atomic mass is 79.9. The first-order chi connectivity index (χ1) is 15.1. The number of hydrogen-bond donors (Lipinski definition) is 1. The first kappa shape index (κ1) is 21.7. The van der Waals surface area contributed by atoms with Crippen molar-refractivity contribution in [3.05, 3.63) is 70.0 Å². The molecule has 1 aromatic heterocycles. The number of carbonyl (C=O) groups excluding carboxylic acids is 2. The lowest BCUT2D eigenvalue weighted by atomic mass is 9.95. The average molecular weight is 486 g/mol. The van der Waals surface area contributed by atoms with Gasteiger partial charge in [-0.3, -0.25) is 19.5 Å². The number of nitrogens with zero attached hydrogens (tertiary/aromatic N) is 3. The predicted octanol–water partition coefficient (Wildman–Crippen LogP) is 2.99. The molecule has 1 aromatic carbocycles. The topological polar surface area (TPSA) is 83.0 Å². The van der Waals surface area contributed by atoms with Gasteiger partial charge in [0.05, 0.1) is 24.8 Å². The zero-order valence-corrected chi connectivity index (χ0v) is 18.6. The normalized spacial score (nSPS) is 21.6. The van der Waals surface area contributed by atoms with Crippen molar-refractivity contribution in [2.24, 2.45) is 0 Å². The van der Waals surface area contributed by atoms with Crippen LogP contribution in [-0.4, -0.2) is 71.0 Å². The van der Waals surface area contributed by atoms with Crippen LogP contribution in [0.5, 0.6) is 0 Å². The first-order valence-corrected chi connectivity index (χ1v) is 11.1. The lowest BCUT2D eigenvalue weighted by Gasteiger charge is -2.29. The van der Waals surface area contributed by atoms with E-state index in [1.165, 1.54) is 0 Å². The van der Waals surface area contributed by atoms with Crippen molar-refractivity contribution < 1.29 is 19.4 Å². The Morgan fingerprint density at radius 2 is 1.74 bits per heavy atom. The molecule has 7 nitrogen and oxygen atoms in total. The molecule has 2 aliphatic heterocycles. The molecule has 0 bridgehead atoms. The van der Waals surface area contributed by atoms with Crippen molar-refractivity contribution in [1.29, 1.82) is 0 Å². The van der Waals surface area contributed by atoms with E-state index in [0.29, 0.717) is 12.1 Å². The summed E-state index contributed by atoms with van der Waals surface area (Å²) in [5, 5.41) is 11.0. The van der Waals surface area contributed by atoms with Crippen molar-refractivity contribution >= 4 is 33.4 Å². The van der Waals surface area contributed by atoms with Crippen molar-refractivity contribution in [2.75, 3.05) is 39.4 Å². The number of likely N-dealkylation sites (tertiary alicyclic amines) is 1. The number of aliphatic hydroxyl groups is 1. The van der Waals surface area contributed by atoms with Gasteiger partial charge in [-0.15, -0.1) is 0 Å². The van der Waals surface area contributed by atoms with Gasteiger partial charge in [-0.05, 0) is 36.2 Å². The maximum absolute atomic E-state index is 13.0. The highest BCUT2D eigenvalue weighted by molar-refractivity contribution is 9.10. The molecule has 2 aromatic rings. The molecule has 1 N–H and O–H groups in total. The minimum Gasteiger partial charge on any atom is -0.507 e. The number of rotatable bonds is 6. The van der Waals surface area contributed by atoms with E-state index in [1.807, 2.05) is 24.3 Å². The fourth-order valence-electron chi connectivity index (χ4n) is 4.06. The molecule has 0 spiro atoms. The molecule has 4 rings (SSSR count). The van der Waals surface area contributed by atoms with Crippen molar-refractivity contribution in [3.63, 3.8) is 0 Å². The van der Waals surface area contributed by atoms with Gasteiger partial charge in [0.25, 0.3) is 11.7 Å². The quantitative estimate of drug-likeness (QED) is 0.384. The lowest BCUT2D eigenvalue weighted by Crippen LogP contribution is -2.38. The molecule has 0 saturated carbocycles. The van der Waals surface area contributed by atoms with Gasteiger partial charge < -0.3 is 14.7 Å². The number of aromatic nitrogens is 1. The molecule has 2 saturated heterocycles. The molecule has 2 fully saturated rings. The number of ether oxygens (including phenoxy) is 1. The van der Waals surface area contributed by atoms with E-state index >= 15 is 0 Å². The van der Waals surface area contributed by atoms with E-state index in [4.69, 9.17) is 4.74 Å². The molecule has 31 heavy (non-hydrogen) atoms. The molecular formula is C23H24BrN3O4. The lowest BCUT2D eigenvalue weighted by molar-refractivity contribution is -0.140. The highest BCUT2D eigenvalue weighted by Gasteiger charge is 2.45. The molecule has 1 atom stereocenters. The van der Waals surface area contributed by atoms with Gasteiger partial charge in [0, 0.05) is 48.6 Å². The van der Waals surface area contributed by atoms with Gasteiger partial charge in [-0.2, -0.15) is 0 Å². The van der Waals surface area contributed by atoms with Gasteiger partial charge in [0.2, 0.25) is 0 Å². The van der Waals surface area contributed by atoms with Gasteiger partial charge in [0.15, 0.2) is 0 Å². The van der Waals surface area contributed by atoms with Crippen LogP contribution in [0.1, 0.15) is 23.6 Å². The van der Waals surface area contributed by atoms with E-state index in [2.05, 4.69) is 25.8 Å². The van der Waals surface area contributed by atoms with Crippen molar-refractivity contribution in [3.8, 4) is 0 Å². The van der Waals surface area contributed by atoms with Crippen LogP contribution in [0, 0.1) is 0 Å². The Hall–Kier alpha value is -2.55. The fraction of sp³-hybridized carbons (Fsp3) is 0.348. The molecular weight excluding hydrogens is 462 g/mol. The van der Waals surface area contributed by atoms with Crippen LogP contribution in [-0.2, 0) is 14.3 Å². The van der Waals surface area contributed by atoms with E-state index in [9.17, 15) is 14.7 Å². The number of halogens is 1. The van der Waals surface area contributed by atoms with Crippen LogP contribution in [0.3, 0.4) is 0 Å². The Morgan fingerprint density at radius 1 is 1.06 bits per heavy atom. The predicted molar refractivity (Wildman–Crippen MR) is 119 cm³/mol. The summed E-state index contributed by atoms with van der Waals surface area (Å²) in [4.78, 5) is 33.8. The van der Waals surface area contributed by atoms with Crippen LogP contribution in [0.15, 0.2) is 58.8 Å². The summed E-state index contributed by atoms with van der Waals surface area (Å²) in [6, 6.07) is 10.1. The fourth-order valence-corrected chi connectivity index (χ4v) is 4.32. The van der Waals surface area contributed by atoms with Crippen LogP contribution >= 0.6 is 15.9 Å². The molecule has 0 radical (unpaired) electrons. The van der Waals surface area contributed by atoms with Crippen LogP contribution in [0.25, 0.3) is 5.76 Å². The van der Waals surface area contributed by atoms with Crippen LogP contribution in [0.4, 0.5) is 0 Å². The second-order valence-electron chi connectivity index (χ2n) is 7.59. The Balaban J connectivity index is 1.65. The highest BCUT2D eigenvalue weighted by Crippen LogP contribution is 2.39. The van der Waals surface area contributed by atoms with E-state index in [1.54, 1.807) is 29.4 Å². The second-order valence-corrected chi connectivity index (χ2v) is 8.50. The molecule has 8 heteroatoms. The van der Waals surface area contributed by atoms with Crippen molar-refractivity contribution in [1.82, 2.24) is 14.8 Å². The van der Waals surface area contributed by atoms with Crippen LogP contribution in [0.2, 0.25) is 0 Å². The van der Waals surface area contributed by atoms with Crippen LogP contribution < -0.4 is 0 Å². The number of amides is 1. The summed E-state index contributed by atoms with van der Waals surface area (Å²) in [6.45, 7) is 4.43. The molecule has 1 amide bonds. The number of ketones is 1. The summed E-state index contributed by atoms with van der Waals surface area (Å²) in [5.74, 6) is -1.41. The van der Waals surface area contributed by atoms with Gasteiger partial charge in [0.1, 0.15) is 5.76 Å². The molecule has 2 aliphatic rings. The van der Waals surface area contributed by atoms with Gasteiger partial charge in [-0.1, -0.05) is 28.1 Å². The summed E-state index contributed by atoms with van der Waals surface area (Å²) < 4.78 is 6.28. The molecule has 0 unspecified atom stereocenters. The number of hydrogen-bond acceptors (Lipinski definition) is 6. The number of morpholine rings is 1. The zero-order valence-electron chi connectivity index (χ0n) is 17.0. The maximum atomic E-state index is 13.0. The average Bonchev–Trinajstić information content (AvgIpc) is 3.05. The zero-order chi connectivity index (χ0) is 21.8. The number of aliphatic hydroxyl groups excluding tert-OH is 1.